The molecule has 0 saturated heterocycles. The molecular weight excluding hydrogens is 376 g/mol. The van der Waals surface area contributed by atoms with E-state index in [1.165, 1.54) is 16.0 Å². The Kier molecular flexibility index (Phi) is 5.62. The summed E-state index contributed by atoms with van der Waals surface area (Å²) >= 11 is 0. The minimum Gasteiger partial charge on any atom is -0.493 e. The summed E-state index contributed by atoms with van der Waals surface area (Å²) in [6.07, 6.45) is 0.864. The van der Waals surface area contributed by atoms with Gasteiger partial charge in [0.05, 0.1) is 12.2 Å². The molecule has 0 aromatic heterocycles. The maximum atomic E-state index is 13.2. The molecule has 0 aliphatic carbocycles. The average molecular weight is 405 g/mol. The fraction of sp³-hybridized carbons (Fsp3) is 0.360. The largest absolute Gasteiger partial charge is 0.493 e. The predicted molar refractivity (Wildman–Crippen MR) is 117 cm³/mol. The molecule has 2 aliphatic heterocycles. The Bertz CT molecular complexity index is 992. The summed E-state index contributed by atoms with van der Waals surface area (Å²) < 4.78 is 5.77. The van der Waals surface area contributed by atoms with Crippen molar-refractivity contribution in [2.24, 2.45) is 5.92 Å². The lowest BCUT2D eigenvalue weighted by atomic mass is 9.98. The van der Waals surface area contributed by atoms with Crippen LogP contribution in [0, 0.1) is 5.92 Å². The number of rotatable bonds is 6. The fourth-order valence-corrected chi connectivity index (χ4v) is 4.07. The van der Waals surface area contributed by atoms with Crippen molar-refractivity contribution in [1.82, 2.24) is 9.80 Å². The summed E-state index contributed by atoms with van der Waals surface area (Å²) in [6, 6.07) is 15.8. The van der Waals surface area contributed by atoms with Gasteiger partial charge in [-0.05, 0) is 48.1 Å². The van der Waals surface area contributed by atoms with Gasteiger partial charge in [-0.15, -0.1) is 0 Å². The first-order chi connectivity index (χ1) is 14.5. The molecule has 0 radical (unpaired) electrons. The molecule has 30 heavy (non-hydrogen) atoms. The molecular formula is C25H28N2O3. The lowest BCUT2D eigenvalue weighted by molar-refractivity contribution is -0.137. The lowest BCUT2D eigenvalue weighted by Crippen LogP contribution is -2.37. The van der Waals surface area contributed by atoms with Crippen LogP contribution in [0.5, 0.6) is 5.75 Å². The summed E-state index contributed by atoms with van der Waals surface area (Å²) in [5, 5.41) is 0. The molecule has 0 unspecified atom stereocenters. The van der Waals surface area contributed by atoms with Crippen molar-refractivity contribution in [3.8, 4) is 5.75 Å². The van der Waals surface area contributed by atoms with Crippen LogP contribution in [0.3, 0.4) is 0 Å². The van der Waals surface area contributed by atoms with Gasteiger partial charge in [-0.1, -0.05) is 50.2 Å². The summed E-state index contributed by atoms with van der Waals surface area (Å²) in [5.74, 6) is 0.794. The number of benzene rings is 2. The van der Waals surface area contributed by atoms with Gasteiger partial charge in [0.15, 0.2) is 0 Å². The summed E-state index contributed by atoms with van der Waals surface area (Å²) in [4.78, 5) is 29.7. The highest BCUT2D eigenvalue weighted by atomic mass is 16.5. The van der Waals surface area contributed by atoms with Crippen LogP contribution in [0.4, 0.5) is 0 Å². The van der Waals surface area contributed by atoms with Gasteiger partial charge < -0.3 is 9.64 Å². The van der Waals surface area contributed by atoms with Crippen LogP contribution >= 0.6 is 0 Å². The zero-order valence-electron chi connectivity index (χ0n) is 17.9. The normalized spacial score (nSPS) is 16.5. The molecule has 0 fully saturated rings. The molecule has 0 atom stereocenters. The molecule has 4 rings (SSSR count). The monoisotopic (exact) mass is 404 g/mol. The first kappa shape index (κ1) is 20.2. The van der Waals surface area contributed by atoms with Gasteiger partial charge in [0.1, 0.15) is 11.4 Å². The van der Waals surface area contributed by atoms with E-state index in [-0.39, 0.29) is 11.8 Å². The molecule has 0 saturated carbocycles. The van der Waals surface area contributed by atoms with E-state index in [1.807, 2.05) is 43.3 Å². The highest BCUT2D eigenvalue weighted by Gasteiger charge is 2.41. The van der Waals surface area contributed by atoms with Crippen molar-refractivity contribution in [1.29, 1.82) is 0 Å². The van der Waals surface area contributed by atoms with Crippen LogP contribution in [0.15, 0.2) is 54.2 Å². The van der Waals surface area contributed by atoms with Gasteiger partial charge in [0, 0.05) is 19.6 Å². The Labute approximate surface area is 177 Å². The van der Waals surface area contributed by atoms with Gasteiger partial charge in [0.2, 0.25) is 0 Å². The van der Waals surface area contributed by atoms with Crippen LogP contribution < -0.4 is 4.74 Å². The Hall–Kier alpha value is -3.08. The van der Waals surface area contributed by atoms with E-state index in [1.54, 1.807) is 0 Å². The van der Waals surface area contributed by atoms with Crippen molar-refractivity contribution in [2.45, 2.75) is 33.7 Å². The number of imide groups is 1. The van der Waals surface area contributed by atoms with Crippen LogP contribution in [0.25, 0.3) is 5.57 Å². The number of ether oxygens (including phenoxy) is 1. The molecule has 5 nitrogen and oxygen atoms in total. The Morgan fingerprint density at radius 3 is 2.33 bits per heavy atom. The standard InChI is InChI=1S/C25H28N2O3/c1-4-27-24(28)22(19-9-11-21(12-10-19)30-16-17(2)3)23(25(27)29)26-14-13-18-7-5-6-8-20(18)15-26/h5-12,17H,4,13-16H2,1-3H3. The number of fused-ring (bicyclic) bond motifs is 1. The van der Waals surface area contributed by atoms with Crippen LogP contribution in [0.2, 0.25) is 0 Å². The van der Waals surface area contributed by atoms with E-state index in [2.05, 4.69) is 30.9 Å². The van der Waals surface area contributed by atoms with Gasteiger partial charge in [-0.25, -0.2) is 0 Å². The van der Waals surface area contributed by atoms with Crippen molar-refractivity contribution < 1.29 is 14.3 Å². The second-order valence-electron chi connectivity index (χ2n) is 8.25. The maximum Gasteiger partial charge on any atom is 0.277 e. The van der Waals surface area contributed by atoms with Crippen LogP contribution in [-0.4, -0.2) is 41.3 Å². The highest BCUT2D eigenvalue weighted by molar-refractivity contribution is 6.35. The number of amides is 2. The molecule has 0 bridgehead atoms. The van der Waals surface area contributed by atoms with E-state index >= 15 is 0 Å². The quantitative estimate of drug-likeness (QED) is 0.686. The Balaban J connectivity index is 1.69. The molecule has 2 aliphatic rings. The van der Waals surface area contributed by atoms with Crippen LogP contribution in [-0.2, 0) is 22.6 Å². The summed E-state index contributed by atoms with van der Waals surface area (Å²) in [6.45, 7) is 8.41. The molecule has 2 heterocycles. The number of carbonyl (C=O) groups excluding carboxylic acids is 2. The van der Waals surface area contributed by atoms with Crippen molar-refractivity contribution in [3.63, 3.8) is 0 Å². The molecule has 0 N–H and O–H groups in total. The third kappa shape index (κ3) is 3.72. The number of hydrogen-bond donors (Lipinski definition) is 0. The Morgan fingerprint density at radius 1 is 0.967 bits per heavy atom. The lowest BCUT2D eigenvalue weighted by Gasteiger charge is -2.31. The first-order valence-corrected chi connectivity index (χ1v) is 10.6. The van der Waals surface area contributed by atoms with Gasteiger partial charge in [-0.2, -0.15) is 0 Å². The first-order valence-electron chi connectivity index (χ1n) is 10.6. The van der Waals surface area contributed by atoms with Crippen molar-refractivity contribution >= 4 is 17.4 Å². The van der Waals surface area contributed by atoms with Crippen LogP contribution in [0.1, 0.15) is 37.5 Å². The smallest absolute Gasteiger partial charge is 0.277 e. The fourth-order valence-electron chi connectivity index (χ4n) is 4.07. The van der Waals surface area contributed by atoms with E-state index in [0.29, 0.717) is 36.9 Å². The van der Waals surface area contributed by atoms with Gasteiger partial charge in [0.25, 0.3) is 11.8 Å². The average Bonchev–Trinajstić information content (AvgIpc) is 3.01. The molecule has 5 heteroatoms. The zero-order chi connectivity index (χ0) is 21.3. The number of carbonyl (C=O) groups is 2. The third-order valence-corrected chi connectivity index (χ3v) is 5.63. The van der Waals surface area contributed by atoms with Gasteiger partial charge in [-0.3, -0.25) is 14.5 Å². The number of nitrogens with zero attached hydrogens (tertiary/aromatic N) is 2. The molecule has 156 valence electrons. The second kappa shape index (κ2) is 8.34. The molecule has 2 aromatic carbocycles. The minimum absolute atomic E-state index is 0.197. The van der Waals surface area contributed by atoms with Crippen molar-refractivity contribution in [2.75, 3.05) is 19.7 Å². The van der Waals surface area contributed by atoms with Gasteiger partial charge >= 0.3 is 0 Å². The van der Waals surface area contributed by atoms with E-state index < -0.39 is 0 Å². The third-order valence-electron chi connectivity index (χ3n) is 5.63. The minimum atomic E-state index is -0.216. The maximum absolute atomic E-state index is 13.2. The highest BCUT2D eigenvalue weighted by Crippen LogP contribution is 2.34. The second-order valence-corrected chi connectivity index (χ2v) is 8.25. The van der Waals surface area contributed by atoms with E-state index in [4.69, 9.17) is 4.74 Å². The van der Waals surface area contributed by atoms with E-state index in [0.717, 1.165) is 24.3 Å². The SMILES string of the molecule is CCN1C(=O)C(c2ccc(OCC(C)C)cc2)=C(N2CCc3ccccc3C2)C1=O. The number of hydrogen-bond acceptors (Lipinski definition) is 4. The Morgan fingerprint density at radius 2 is 1.67 bits per heavy atom. The summed E-state index contributed by atoms with van der Waals surface area (Å²) in [7, 11) is 0. The van der Waals surface area contributed by atoms with E-state index in [9.17, 15) is 9.59 Å². The van der Waals surface area contributed by atoms with Crippen molar-refractivity contribution in [3.05, 3.63) is 70.9 Å². The topological polar surface area (TPSA) is 49.9 Å². The molecule has 2 aromatic rings. The zero-order valence-corrected chi connectivity index (χ0v) is 17.9. The number of likely N-dealkylation sites (N-methyl/N-ethyl adjacent to an activating group) is 1. The predicted octanol–water partition coefficient (Wildman–Crippen LogP) is 3.88. The summed E-state index contributed by atoms with van der Waals surface area (Å²) in [5.41, 5.74) is 4.30. The molecule has 2 amide bonds. The molecule has 0 spiro atoms.